The van der Waals surface area contributed by atoms with E-state index in [-0.39, 0.29) is 29.7 Å². The predicted molar refractivity (Wildman–Crippen MR) is 120 cm³/mol. The number of nitrogens with one attached hydrogen (secondary N) is 2. The van der Waals surface area contributed by atoms with E-state index in [9.17, 15) is 8.42 Å². The largest absolute Gasteiger partial charge is 0.496 e. The Morgan fingerprint density at radius 1 is 1.00 bits per heavy atom. The Morgan fingerprint density at radius 3 is 2.19 bits per heavy atom. The highest BCUT2D eigenvalue weighted by Crippen LogP contribution is 2.16. The van der Waals surface area contributed by atoms with Crippen molar-refractivity contribution in [2.75, 3.05) is 20.4 Å². The van der Waals surface area contributed by atoms with Gasteiger partial charge in [-0.05, 0) is 17.2 Å². The van der Waals surface area contributed by atoms with Gasteiger partial charge in [0.05, 0.1) is 12.9 Å². The van der Waals surface area contributed by atoms with E-state index >= 15 is 0 Å². The van der Waals surface area contributed by atoms with Gasteiger partial charge in [-0.3, -0.25) is 4.99 Å². The first-order valence-electron chi connectivity index (χ1n) is 8.23. The van der Waals surface area contributed by atoms with Crippen LogP contribution in [0.15, 0.2) is 53.5 Å². The van der Waals surface area contributed by atoms with E-state index in [4.69, 9.17) is 4.74 Å². The Morgan fingerprint density at radius 2 is 1.59 bits per heavy atom. The van der Waals surface area contributed by atoms with E-state index < -0.39 is 9.84 Å². The number of hydrogen-bond donors (Lipinski definition) is 2. The molecule has 2 aromatic carbocycles. The van der Waals surface area contributed by atoms with Crippen LogP contribution < -0.4 is 15.4 Å². The smallest absolute Gasteiger partial charge is 0.191 e. The Labute approximate surface area is 178 Å². The summed E-state index contributed by atoms with van der Waals surface area (Å²) in [6.45, 7) is 1.18. The number of halogens is 1. The molecular weight excluding hydrogens is 477 g/mol. The lowest BCUT2D eigenvalue weighted by Crippen LogP contribution is -2.36. The molecule has 0 atom stereocenters. The Bertz CT molecular complexity index is 853. The van der Waals surface area contributed by atoms with Crippen molar-refractivity contribution < 1.29 is 13.2 Å². The van der Waals surface area contributed by atoms with E-state index in [1.807, 2.05) is 48.5 Å². The molecule has 2 rings (SSSR count). The summed E-state index contributed by atoms with van der Waals surface area (Å²) in [5.74, 6) is 1.57. The highest BCUT2D eigenvalue weighted by atomic mass is 127. The fourth-order valence-electron chi connectivity index (χ4n) is 2.49. The second-order valence-electron chi connectivity index (χ2n) is 5.98. The second kappa shape index (κ2) is 11.1. The third kappa shape index (κ3) is 8.17. The SMILES string of the molecule is CN=C(NCc1ccc(CS(C)(=O)=O)cc1)NCc1ccccc1OC.I. The maximum atomic E-state index is 11.3. The van der Waals surface area contributed by atoms with Gasteiger partial charge < -0.3 is 15.4 Å². The van der Waals surface area contributed by atoms with E-state index in [0.717, 1.165) is 22.4 Å². The summed E-state index contributed by atoms with van der Waals surface area (Å²) in [6.07, 6.45) is 1.24. The highest BCUT2D eigenvalue weighted by Gasteiger charge is 2.05. The summed E-state index contributed by atoms with van der Waals surface area (Å²) >= 11 is 0. The average molecular weight is 503 g/mol. The van der Waals surface area contributed by atoms with Crippen LogP contribution in [0.5, 0.6) is 5.75 Å². The van der Waals surface area contributed by atoms with Crippen molar-refractivity contribution in [1.82, 2.24) is 10.6 Å². The molecule has 0 aliphatic heterocycles. The van der Waals surface area contributed by atoms with Crippen molar-refractivity contribution >= 4 is 39.8 Å². The highest BCUT2D eigenvalue weighted by molar-refractivity contribution is 14.0. The van der Waals surface area contributed by atoms with Crippen LogP contribution >= 0.6 is 24.0 Å². The molecule has 2 aromatic rings. The number of methoxy groups -OCH3 is 1. The van der Waals surface area contributed by atoms with E-state index in [1.54, 1.807) is 14.2 Å². The molecule has 6 nitrogen and oxygen atoms in total. The molecular formula is C19H26IN3O3S. The topological polar surface area (TPSA) is 79.8 Å². The lowest BCUT2D eigenvalue weighted by Gasteiger charge is -2.14. The third-order valence-corrected chi connectivity index (χ3v) is 4.63. The van der Waals surface area contributed by atoms with Gasteiger partial charge in [0.25, 0.3) is 0 Å². The summed E-state index contributed by atoms with van der Waals surface area (Å²) in [5, 5.41) is 6.49. The first-order valence-corrected chi connectivity index (χ1v) is 10.3. The van der Waals surface area contributed by atoms with Crippen molar-refractivity contribution in [3.8, 4) is 5.75 Å². The normalized spacial score (nSPS) is 11.4. The number of aliphatic imine (C=N–C) groups is 1. The number of guanidine groups is 1. The third-order valence-electron chi connectivity index (χ3n) is 3.77. The molecule has 0 heterocycles. The van der Waals surface area contributed by atoms with Gasteiger partial charge in [-0.25, -0.2) is 8.42 Å². The van der Waals surface area contributed by atoms with Crippen molar-refractivity contribution in [1.29, 1.82) is 0 Å². The molecule has 0 amide bonds. The molecule has 0 fully saturated rings. The zero-order valence-corrected chi connectivity index (χ0v) is 18.9. The lowest BCUT2D eigenvalue weighted by molar-refractivity contribution is 0.409. The number of para-hydroxylation sites is 1. The second-order valence-corrected chi connectivity index (χ2v) is 8.12. The molecule has 0 aliphatic carbocycles. The van der Waals surface area contributed by atoms with Gasteiger partial charge >= 0.3 is 0 Å². The van der Waals surface area contributed by atoms with Crippen LogP contribution in [0.2, 0.25) is 0 Å². The van der Waals surface area contributed by atoms with Crippen LogP contribution in [0.25, 0.3) is 0 Å². The summed E-state index contributed by atoms with van der Waals surface area (Å²) in [7, 11) is 0.353. The summed E-state index contributed by atoms with van der Waals surface area (Å²) in [6, 6.07) is 15.3. The number of benzene rings is 2. The molecule has 0 spiro atoms. The molecule has 0 radical (unpaired) electrons. The minimum atomic E-state index is -3.01. The number of nitrogens with zero attached hydrogens (tertiary/aromatic N) is 1. The molecule has 2 N–H and O–H groups in total. The van der Waals surface area contributed by atoms with Gasteiger partial charge in [0.1, 0.15) is 5.75 Å². The van der Waals surface area contributed by atoms with Crippen LogP contribution in [-0.4, -0.2) is 34.8 Å². The van der Waals surface area contributed by atoms with Crippen molar-refractivity contribution in [2.45, 2.75) is 18.8 Å². The molecule has 0 aromatic heterocycles. The molecule has 0 unspecified atom stereocenters. The monoisotopic (exact) mass is 503 g/mol. The van der Waals surface area contributed by atoms with E-state index in [1.165, 1.54) is 6.26 Å². The van der Waals surface area contributed by atoms with Crippen LogP contribution in [0.4, 0.5) is 0 Å². The number of rotatable bonds is 7. The van der Waals surface area contributed by atoms with Crippen molar-refractivity contribution in [2.24, 2.45) is 4.99 Å². The summed E-state index contributed by atoms with van der Waals surface area (Å²) in [4.78, 5) is 4.21. The van der Waals surface area contributed by atoms with Crippen molar-refractivity contribution in [3.63, 3.8) is 0 Å². The standard InChI is InChI=1S/C19H25N3O3S.HI/c1-20-19(22-13-17-6-4-5-7-18(17)25-2)21-12-15-8-10-16(11-9-15)14-26(3,23)24;/h4-11H,12-14H2,1-3H3,(H2,20,21,22);1H. The molecule has 27 heavy (non-hydrogen) atoms. The van der Waals surface area contributed by atoms with Gasteiger partial charge in [0.15, 0.2) is 15.8 Å². The zero-order valence-electron chi connectivity index (χ0n) is 15.7. The Balaban J connectivity index is 0.00000364. The molecule has 0 saturated carbocycles. The maximum Gasteiger partial charge on any atom is 0.191 e. The van der Waals surface area contributed by atoms with Crippen LogP contribution in [0.1, 0.15) is 16.7 Å². The molecule has 0 saturated heterocycles. The van der Waals surface area contributed by atoms with Crippen LogP contribution in [-0.2, 0) is 28.7 Å². The number of hydrogen-bond acceptors (Lipinski definition) is 4. The lowest BCUT2D eigenvalue weighted by atomic mass is 10.1. The molecule has 0 aliphatic rings. The number of sulfone groups is 1. The average Bonchev–Trinajstić information content (AvgIpc) is 2.62. The molecule has 8 heteroatoms. The summed E-state index contributed by atoms with van der Waals surface area (Å²) < 4.78 is 28.0. The zero-order chi connectivity index (χ0) is 19.0. The van der Waals surface area contributed by atoms with Gasteiger partial charge in [-0.15, -0.1) is 24.0 Å². The molecule has 0 bridgehead atoms. The fourth-order valence-corrected chi connectivity index (χ4v) is 3.29. The van der Waals surface area contributed by atoms with Gasteiger partial charge in [-0.2, -0.15) is 0 Å². The quantitative estimate of drug-likeness (QED) is 0.345. The first kappa shape index (κ1) is 23.2. The minimum absolute atomic E-state index is 0. The first-order chi connectivity index (χ1) is 12.4. The van der Waals surface area contributed by atoms with Gasteiger partial charge in [0, 0.05) is 32.0 Å². The molecule has 148 valence electrons. The van der Waals surface area contributed by atoms with Crippen LogP contribution in [0.3, 0.4) is 0 Å². The Kier molecular flexibility index (Phi) is 9.57. The number of ether oxygens (including phenoxy) is 1. The Hall–Kier alpha value is -1.81. The van der Waals surface area contributed by atoms with E-state index in [2.05, 4.69) is 15.6 Å². The van der Waals surface area contributed by atoms with Gasteiger partial charge in [0.2, 0.25) is 0 Å². The van der Waals surface area contributed by atoms with Gasteiger partial charge in [-0.1, -0.05) is 42.5 Å². The summed E-state index contributed by atoms with van der Waals surface area (Å²) in [5.41, 5.74) is 2.88. The predicted octanol–water partition coefficient (Wildman–Crippen LogP) is 2.72. The minimum Gasteiger partial charge on any atom is -0.496 e. The van der Waals surface area contributed by atoms with Crippen molar-refractivity contribution in [3.05, 3.63) is 65.2 Å². The maximum absolute atomic E-state index is 11.3. The fraction of sp³-hybridized carbons (Fsp3) is 0.316. The van der Waals surface area contributed by atoms with Crippen LogP contribution in [0, 0.1) is 0 Å². The van der Waals surface area contributed by atoms with E-state index in [0.29, 0.717) is 19.0 Å².